The van der Waals surface area contributed by atoms with E-state index in [1.54, 1.807) is 0 Å². The second kappa shape index (κ2) is 21.6. The molecule has 7 heteroatoms. The van der Waals surface area contributed by atoms with Crippen LogP contribution in [0.3, 0.4) is 0 Å². The van der Waals surface area contributed by atoms with E-state index in [0.29, 0.717) is 0 Å². The minimum atomic E-state index is -2.88. The molecule has 0 aromatic heterocycles. The molecule has 0 unspecified atom stereocenters. The topological polar surface area (TPSA) is 60.7 Å². The van der Waals surface area contributed by atoms with Crippen molar-refractivity contribution in [2.24, 2.45) is 0 Å². The molecule has 0 aliphatic rings. The first-order valence-electron chi connectivity index (χ1n) is 20.1. The smallest absolute Gasteiger partial charge is 0.285 e. The normalized spacial score (nSPS) is 11.1. The maximum Gasteiger partial charge on any atom is 0.285 e. The van der Waals surface area contributed by atoms with Gasteiger partial charge in [-0.3, -0.25) is 0 Å². The first kappa shape index (κ1) is 44.6. The molecule has 0 aliphatic heterocycles. The first-order chi connectivity index (χ1) is 29.4. The Morgan fingerprint density at radius 1 is 0.164 bits per heavy atom. The fourth-order valence-corrected chi connectivity index (χ4v) is 16.7. The summed E-state index contributed by atoms with van der Waals surface area (Å²) in [5.74, 6) is 0. The van der Waals surface area contributed by atoms with Crippen molar-refractivity contribution in [1.29, 1.82) is 0 Å². The number of benzene rings is 9. The van der Waals surface area contributed by atoms with Crippen LogP contribution in [0.5, 0.6) is 0 Å². The van der Waals surface area contributed by atoms with Crippen molar-refractivity contribution in [1.82, 2.24) is 0 Å². The molecule has 0 spiro atoms. The van der Waals surface area contributed by atoms with Crippen LogP contribution in [0.2, 0.25) is 0 Å². The fraction of sp³-hybridized carbons (Fsp3) is 0. The van der Waals surface area contributed by atoms with E-state index in [1.807, 2.05) is 273 Å². The van der Waals surface area contributed by atoms with Crippen LogP contribution in [0.4, 0.5) is 0 Å². The largest absolute Gasteiger partial charge is 0.421 e. The molecular weight excluding hydrogens is 832 g/mol. The average Bonchev–Trinajstić information content (AvgIpc) is 3.36. The van der Waals surface area contributed by atoms with E-state index in [1.165, 1.54) is 0 Å². The molecule has 9 rings (SSSR count). The Hall–Kier alpha value is -5.90. The molecule has 0 bridgehead atoms. The Morgan fingerprint density at radius 3 is 0.328 bits per heavy atom. The van der Waals surface area contributed by atoms with Crippen molar-refractivity contribution in [3.05, 3.63) is 273 Å². The summed E-state index contributed by atoms with van der Waals surface area (Å²) in [7, 11) is -8.63. The Kier molecular flexibility index (Phi) is 15.8. The van der Waals surface area contributed by atoms with E-state index >= 15 is 0 Å². The van der Waals surface area contributed by atoms with Crippen molar-refractivity contribution in [3.63, 3.8) is 0 Å². The predicted octanol–water partition coefficient (Wildman–Crippen LogP) is 4.93. The van der Waals surface area contributed by atoms with Gasteiger partial charge in [0.05, 0.1) is 0 Å². The van der Waals surface area contributed by atoms with Crippen LogP contribution < -0.4 is 46.7 Å². The average molecular weight is 880 g/mol. The second-order valence-electron chi connectivity index (χ2n) is 14.4. The first-order valence-corrected chi connectivity index (χ1v) is 26.0. The molecular formula is C54H48O3Si3V. The van der Waals surface area contributed by atoms with Crippen molar-refractivity contribution in [3.8, 4) is 0 Å². The predicted molar refractivity (Wildman–Crippen MR) is 259 cm³/mol. The Bertz CT molecular complexity index is 2010. The molecule has 3 nitrogen and oxygen atoms in total. The van der Waals surface area contributed by atoms with Gasteiger partial charge >= 0.3 is 0 Å². The van der Waals surface area contributed by atoms with Crippen LogP contribution >= 0.6 is 0 Å². The van der Waals surface area contributed by atoms with Gasteiger partial charge in [-0.15, -0.1) is 0 Å². The van der Waals surface area contributed by atoms with E-state index in [-0.39, 0.29) is 18.6 Å². The maximum atomic E-state index is 11.6. The van der Waals surface area contributed by atoms with Crippen LogP contribution in [-0.4, -0.2) is 39.3 Å². The molecule has 9 aromatic carbocycles. The molecule has 0 amide bonds. The van der Waals surface area contributed by atoms with Crippen molar-refractivity contribution in [2.75, 3.05) is 0 Å². The van der Waals surface area contributed by atoms with Gasteiger partial charge in [-0.05, 0) is 46.7 Å². The van der Waals surface area contributed by atoms with Crippen molar-refractivity contribution in [2.45, 2.75) is 0 Å². The molecule has 0 fully saturated rings. The van der Waals surface area contributed by atoms with Gasteiger partial charge in [0.25, 0.3) is 25.0 Å². The second-order valence-corrected chi connectivity index (χ2v) is 23.9. The molecule has 0 heterocycles. The number of rotatable bonds is 9. The van der Waals surface area contributed by atoms with Gasteiger partial charge in [-0.2, -0.15) is 0 Å². The molecule has 0 aliphatic carbocycles. The van der Waals surface area contributed by atoms with Crippen molar-refractivity contribution >= 4 is 71.6 Å². The van der Waals surface area contributed by atoms with Gasteiger partial charge in [0.15, 0.2) is 0 Å². The molecule has 61 heavy (non-hydrogen) atoms. The third kappa shape index (κ3) is 10.2. The SMILES string of the molecule is O[Si](c1ccccc1)(c1ccccc1)c1ccccc1.O[Si](c1ccccc1)(c1ccccc1)c1ccccc1.O[Si](c1ccccc1)(c1ccccc1)c1ccccc1.[V]. The van der Waals surface area contributed by atoms with E-state index in [9.17, 15) is 14.4 Å². The molecule has 0 saturated carbocycles. The Balaban J connectivity index is 0.000000152. The van der Waals surface area contributed by atoms with Crippen LogP contribution in [0.25, 0.3) is 0 Å². The van der Waals surface area contributed by atoms with E-state index in [4.69, 9.17) is 0 Å². The van der Waals surface area contributed by atoms with E-state index in [0.717, 1.165) is 46.7 Å². The third-order valence-electron chi connectivity index (χ3n) is 10.7. The Labute approximate surface area is 375 Å². The van der Waals surface area contributed by atoms with Gasteiger partial charge < -0.3 is 14.4 Å². The zero-order valence-electron chi connectivity index (χ0n) is 33.8. The standard InChI is InChI=1S/3C18H16OSi.V/c3*19-20(16-10-4-1-5-11-16,17-12-6-2-7-13-17)18-14-8-3-9-15-18;/h3*1-15,19H;. The summed E-state index contributed by atoms with van der Waals surface area (Å²) in [5.41, 5.74) is 0. The summed E-state index contributed by atoms with van der Waals surface area (Å²) < 4.78 is 0. The molecule has 0 saturated heterocycles. The summed E-state index contributed by atoms with van der Waals surface area (Å²) in [4.78, 5) is 34.7. The summed E-state index contributed by atoms with van der Waals surface area (Å²) >= 11 is 0. The minimum absolute atomic E-state index is 0. The zero-order chi connectivity index (χ0) is 41.5. The summed E-state index contributed by atoms with van der Waals surface area (Å²) in [6.45, 7) is 0. The fourth-order valence-electron chi connectivity index (χ4n) is 7.61. The van der Waals surface area contributed by atoms with Gasteiger partial charge in [0.2, 0.25) is 0 Å². The molecule has 3 N–H and O–H groups in total. The quantitative estimate of drug-likeness (QED) is 0.143. The number of hydrogen-bond donors (Lipinski definition) is 3. The van der Waals surface area contributed by atoms with Gasteiger partial charge in [0.1, 0.15) is 0 Å². The zero-order valence-corrected chi connectivity index (χ0v) is 38.2. The maximum absolute atomic E-state index is 11.6. The number of hydrogen-bond acceptors (Lipinski definition) is 3. The van der Waals surface area contributed by atoms with Crippen LogP contribution in [0.1, 0.15) is 0 Å². The monoisotopic (exact) mass is 879 g/mol. The third-order valence-corrected chi connectivity index (χ3v) is 21.2. The molecule has 1 radical (unpaired) electrons. The van der Waals surface area contributed by atoms with Gasteiger partial charge in [0, 0.05) is 18.6 Å². The Morgan fingerprint density at radius 2 is 0.246 bits per heavy atom. The molecule has 0 atom stereocenters. The van der Waals surface area contributed by atoms with Gasteiger partial charge in [-0.25, -0.2) is 0 Å². The van der Waals surface area contributed by atoms with Crippen molar-refractivity contribution < 1.29 is 32.9 Å². The van der Waals surface area contributed by atoms with Crippen LogP contribution in [-0.2, 0) is 18.6 Å². The summed E-state index contributed by atoms with van der Waals surface area (Å²) in [6.07, 6.45) is 0. The summed E-state index contributed by atoms with van der Waals surface area (Å²) in [6, 6.07) is 89.9. The molecule has 9 aromatic rings. The van der Waals surface area contributed by atoms with E-state index < -0.39 is 25.0 Å². The van der Waals surface area contributed by atoms with Crippen LogP contribution in [0.15, 0.2) is 273 Å². The summed E-state index contributed by atoms with van der Waals surface area (Å²) in [5, 5.41) is 9.10. The van der Waals surface area contributed by atoms with E-state index in [2.05, 4.69) is 0 Å². The molecule has 299 valence electrons. The minimum Gasteiger partial charge on any atom is -0.421 e. The van der Waals surface area contributed by atoms with Gasteiger partial charge in [-0.1, -0.05) is 273 Å². The van der Waals surface area contributed by atoms with Crippen LogP contribution in [0, 0.1) is 0 Å².